The van der Waals surface area contributed by atoms with Gasteiger partial charge in [0.05, 0.1) is 5.02 Å². The van der Waals surface area contributed by atoms with Crippen LogP contribution in [0.25, 0.3) is 0 Å². The zero-order chi connectivity index (χ0) is 27.4. The van der Waals surface area contributed by atoms with Gasteiger partial charge in [0.15, 0.2) is 17.5 Å². The third-order valence-corrected chi connectivity index (χ3v) is 8.31. The van der Waals surface area contributed by atoms with Crippen LogP contribution in [0.4, 0.5) is 18.9 Å². The Morgan fingerprint density at radius 3 is 2.53 bits per heavy atom. The summed E-state index contributed by atoms with van der Waals surface area (Å²) in [6.45, 7) is 3.88. The number of pyridine rings is 1. The number of aromatic nitrogens is 1. The summed E-state index contributed by atoms with van der Waals surface area (Å²) in [7, 11) is 0. The zero-order valence-electron chi connectivity index (χ0n) is 20.8. The minimum Gasteiger partial charge on any atom is -0.378 e. The zero-order valence-corrected chi connectivity index (χ0v) is 22.3. The van der Waals surface area contributed by atoms with Crippen molar-refractivity contribution in [2.45, 2.75) is 48.9 Å². The number of hydrogen-bond donors (Lipinski definition) is 2. The SMILES string of the molecule is CC1CC(CC(C)(O)C#Cc2ccncc2)C(Sc2cc(C(=O)Nc3cc(F)c(F)c(F)c3)ccc2Cl)C1. The van der Waals surface area contributed by atoms with Gasteiger partial charge in [0.2, 0.25) is 0 Å². The van der Waals surface area contributed by atoms with E-state index in [0.29, 0.717) is 22.3 Å². The highest BCUT2D eigenvalue weighted by Crippen LogP contribution is 2.46. The second-order valence-electron chi connectivity index (χ2n) is 9.81. The third kappa shape index (κ3) is 7.10. The van der Waals surface area contributed by atoms with E-state index in [4.69, 9.17) is 11.6 Å². The molecular weight excluding hydrogens is 533 g/mol. The predicted octanol–water partition coefficient (Wildman–Crippen LogP) is 7.10. The lowest BCUT2D eigenvalue weighted by molar-refractivity contribution is 0.0927. The molecule has 9 heteroatoms. The largest absolute Gasteiger partial charge is 0.378 e. The number of thioether (sulfide) groups is 1. The van der Waals surface area contributed by atoms with Crippen molar-refractivity contribution in [3.63, 3.8) is 0 Å². The van der Waals surface area contributed by atoms with Gasteiger partial charge in [-0.2, -0.15) is 0 Å². The molecule has 4 rings (SSSR count). The lowest BCUT2D eigenvalue weighted by Crippen LogP contribution is -2.28. The van der Waals surface area contributed by atoms with Crippen molar-refractivity contribution in [1.29, 1.82) is 0 Å². The van der Waals surface area contributed by atoms with Crippen LogP contribution in [0, 0.1) is 41.1 Å². The number of carbonyl (C=O) groups excluding carboxylic acids is 1. The summed E-state index contributed by atoms with van der Waals surface area (Å²) in [5, 5.41) is 14.0. The number of anilines is 1. The van der Waals surface area contributed by atoms with E-state index < -0.39 is 29.0 Å². The van der Waals surface area contributed by atoms with E-state index in [9.17, 15) is 23.1 Å². The molecule has 198 valence electrons. The van der Waals surface area contributed by atoms with Crippen molar-refractivity contribution >= 4 is 35.0 Å². The van der Waals surface area contributed by atoms with Crippen LogP contribution in [-0.2, 0) is 0 Å². The highest BCUT2D eigenvalue weighted by molar-refractivity contribution is 8.00. The second-order valence-corrected chi connectivity index (χ2v) is 11.5. The molecule has 3 aromatic rings. The lowest BCUT2D eigenvalue weighted by Gasteiger charge is -2.26. The minimum absolute atomic E-state index is 0.135. The number of halogens is 4. The maximum atomic E-state index is 13.5. The summed E-state index contributed by atoms with van der Waals surface area (Å²) in [5.74, 6) is 1.60. The Labute approximate surface area is 229 Å². The van der Waals surface area contributed by atoms with Gasteiger partial charge in [0, 0.05) is 51.5 Å². The molecule has 1 saturated carbocycles. The Hall–Kier alpha value is -2.99. The molecule has 0 bridgehead atoms. The number of nitrogens with one attached hydrogen (secondary N) is 1. The van der Waals surface area contributed by atoms with Gasteiger partial charge in [-0.3, -0.25) is 9.78 Å². The van der Waals surface area contributed by atoms with Crippen molar-refractivity contribution < 1.29 is 23.1 Å². The summed E-state index contributed by atoms with van der Waals surface area (Å²) in [6.07, 6.45) is 5.61. The number of nitrogens with zero attached hydrogens (tertiary/aromatic N) is 1. The summed E-state index contributed by atoms with van der Waals surface area (Å²) in [4.78, 5) is 17.4. The molecular formula is C29H26ClF3N2O2S. The first-order valence-corrected chi connectivity index (χ1v) is 13.3. The van der Waals surface area contributed by atoms with Crippen molar-refractivity contribution in [3.8, 4) is 11.8 Å². The van der Waals surface area contributed by atoms with E-state index in [0.717, 1.165) is 30.5 Å². The van der Waals surface area contributed by atoms with Gasteiger partial charge >= 0.3 is 0 Å². The van der Waals surface area contributed by atoms with Gasteiger partial charge in [-0.15, -0.1) is 11.8 Å². The first-order chi connectivity index (χ1) is 18.0. The molecule has 1 fully saturated rings. The molecule has 4 unspecified atom stereocenters. The maximum absolute atomic E-state index is 13.5. The van der Waals surface area contributed by atoms with E-state index in [1.165, 1.54) is 6.07 Å². The summed E-state index contributed by atoms with van der Waals surface area (Å²) >= 11 is 8.00. The summed E-state index contributed by atoms with van der Waals surface area (Å²) in [5.41, 5.74) is -0.378. The van der Waals surface area contributed by atoms with Crippen LogP contribution in [0.3, 0.4) is 0 Å². The molecule has 4 nitrogen and oxygen atoms in total. The first kappa shape index (κ1) is 28.0. The normalized spacial score (nSPS) is 20.3. The van der Waals surface area contributed by atoms with Crippen LogP contribution in [0.1, 0.15) is 49.0 Å². The summed E-state index contributed by atoms with van der Waals surface area (Å²) in [6, 6.07) is 9.73. The Balaban J connectivity index is 1.48. The maximum Gasteiger partial charge on any atom is 0.255 e. The summed E-state index contributed by atoms with van der Waals surface area (Å²) < 4.78 is 40.3. The second kappa shape index (κ2) is 11.8. The number of rotatable bonds is 6. The Morgan fingerprint density at radius 2 is 1.84 bits per heavy atom. The topological polar surface area (TPSA) is 62.2 Å². The van der Waals surface area contributed by atoms with Gasteiger partial charge < -0.3 is 10.4 Å². The molecule has 2 aromatic carbocycles. The molecule has 0 radical (unpaired) electrons. The fourth-order valence-corrected chi connectivity index (χ4v) is 6.42. The molecule has 1 amide bonds. The van der Waals surface area contributed by atoms with Crippen molar-refractivity contribution in [1.82, 2.24) is 4.98 Å². The van der Waals surface area contributed by atoms with Crippen LogP contribution < -0.4 is 5.32 Å². The fraction of sp³-hybridized carbons (Fsp3) is 0.310. The first-order valence-electron chi connectivity index (χ1n) is 12.1. The highest BCUT2D eigenvalue weighted by Gasteiger charge is 2.37. The number of aliphatic hydroxyl groups is 1. The molecule has 1 aromatic heterocycles. The molecule has 1 aliphatic carbocycles. The third-order valence-electron chi connectivity index (χ3n) is 6.40. The standard InChI is InChI=1S/C29H26ClF3N2O2S/c1-17-11-20(16-29(2,37)8-5-18-6-9-34-10-7-18)25(12-17)38-26-13-19(3-4-22(26)30)28(36)35-21-14-23(31)27(33)24(32)15-21/h3-4,6-7,9-10,13-15,17,20,25,37H,11-12,16H2,1-2H3,(H,35,36). The van der Waals surface area contributed by atoms with Crippen molar-refractivity contribution in [3.05, 3.63) is 88.5 Å². The van der Waals surface area contributed by atoms with Gasteiger partial charge in [0.1, 0.15) is 5.60 Å². The van der Waals surface area contributed by atoms with Crippen LogP contribution in [0.2, 0.25) is 5.02 Å². The molecule has 1 heterocycles. The van der Waals surface area contributed by atoms with Crippen LogP contribution in [0.15, 0.2) is 59.8 Å². The van der Waals surface area contributed by atoms with E-state index in [-0.39, 0.29) is 22.4 Å². The smallest absolute Gasteiger partial charge is 0.255 e. The minimum atomic E-state index is -1.60. The van der Waals surface area contributed by atoms with E-state index in [1.807, 2.05) is 0 Å². The van der Waals surface area contributed by atoms with Gasteiger partial charge in [-0.1, -0.05) is 30.4 Å². The highest BCUT2D eigenvalue weighted by atomic mass is 35.5. The predicted molar refractivity (Wildman–Crippen MR) is 144 cm³/mol. The Bertz CT molecular complexity index is 1370. The lowest BCUT2D eigenvalue weighted by atomic mass is 9.90. The average Bonchev–Trinajstić information content (AvgIpc) is 3.20. The molecule has 4 atom stereocenters. The van der Waals surface area contributed by atoms with Crippen LogP contribution in [-0.4, -0.2) is 26.8 Å². The number of benzene rings is 2. The van der Waals surface area contributed by atoms with Gasteiger partial charge in [-0.25, -0.2) is 13.2 Å². The molecule has 2 N–H and O–H groups in total. The van der Waals surface area contributed by atoms with Crippen LogP contribution in [0.5, 0.6) is 0 Å². The molecule has 0 saturated heterocycles. The molecule has 1 aliphatic rings. The van der Waals surface area contributed by atoms with E-state index in [1.54, 1.807) is 55.3 Å². The van der Waals surface area contributed by atoms with Crippen molar-refractivity contribution in [2.75, 3.05) is 5.32 Å². The molecule has 0 spiro atoms. The fourth-order valence-electron chi connectivity index (χ4n) is 4.65. The van der Waals surface area contributed by atoms with Gasteiger partial charge in [0.25, 0.3) is 5.91 Å². The van der Waals surface area contributed by atoms with Gasteiger partial charge in [-0.05, 0) is 68.4 Å². The molecule has 38 heavy (non-hydrogen) atoms. The van der Waals surface area contributed by atoms with E-state index >= 15 is 0 Å². The Kier molecular flexibility index (Phi) is 8.71. The van der Waals surface area contributed by atoms with Crippen LogP contribution >= 0.6 is 23.4 Å². The van der Waals surface area contributed by atoms with Crippen molar-refractivity contribution in [2.24, 2.45) is 11.8 Å². The number of amides is 1. The Morgan fingerprint density at radius 1 is 1.16 bits per heavy atom. The number of carbonyl (C=O) groups is 1. The monoisotopic (exact) mass is 558 g/mol. The average molecular weight is 559 g/mol. The number of hydrogen-bond acceptors (Lipinski definition) is 4. The molecule has 0 aliphatic heterocycles. The van der Waals surface area contributed by atoms with E-state index in [2.05, 4.69) is 29.1 Å². The quantitative estimate of drug-likeness (QED) is 0.250.